The molecule has 0 amide bonds. The summed E-state index contributed by atoms with van der Waals surface area (Å²) in [5.74, 6) is 0. The first-order valence-corrected chi connectivity index (χ1v) is 10.9. The summed E-state index contributed by atoms with van der Waals surface area (Å²) in [6, 6.07) is 9.71. The van der Waals surface area contributed by atoms with E-state index >= 15 is 0 Å². The molecular formula is C25H39N. The molecular weight excluding hydrogens is 314 g/mol. The molecule has 0 spiro atoms. The highest BCUT2D eigenvalue weighted by atomic mass is 15.2. The number of hydrogen-bond donors (Lipinski definition) is 0. The fourth-order valence-corrected chi connectivity index (χ4v) is 3.99. The van der Waals surface area contributed by atoms with E-state index in [4.69, 9.17) is 0 Å². The van der Waals surface area contributed by atoms with Crippen molar-refractivity contribution in [3.05, 3.63) is 59.8 Å². The second-order valence-corrected chi connectivity index (χ2v) is 7.82. The third-order valence-corrected chi connectivity index (χ3v) is 5.53. The molecule has 0 aromatic heterocycles. The highest BCUT2D eigenvalue weighted by molar-refractivity contribution is 5.24. The van der Waals surface area contributed by atoms with E-state index in [2.05, 4.69) is 61.7 Å². The van der Waals surface area contributed by atoms with Crippen molar-refractivity contribution in [1.29, 1.82) is 0 Å². The highest BCUT2D eigenvalue weighted by Gasteiger charge is 2.23. The molecule has 0 saturated carbocycles. The molecule has 0 bridgehead atoms. The van der Waals surface area contributed by atoms with E-state index in [1.807, 2.05) is 0 Å². The molecule has 1 fully saturated rings. The minimum Gasteiger partial charge on any atom is -0.369 e. The van der Waals surface area contributed by atoms with Crippen molar-refractivity contribution in [2.24, 2.45) is 0 Å². The van der Waals surface area contributed by atoms with Crippen molar-refractivity contribution < 1.29 is 0 Å². The van der Waals surface area contributed by atoms with Gasteiger partial charge in [-0.25, -0.2) is 0 Å². The Morgan fingerprint density at radius 3 is 2.58 bits per heavy atom. The molecule has 1 nitrogen and oxygen atoms in total. The largest absolute Gasteiger partial charge is 0.369 e. The van der Waals surface area contributed by atoms with Gasteiger partial charge in [0.05, 0.1) is 0 Å². The van der Waals surface area contributed by atoms with E-state index in [9.17, 15) is 0 Å². The zero-order valence-electron chi connectivity index (χ0n) is 17.2. The van der Waals surface area contributed by atoms with Gasteiger partial charge in [0.2, 0.25) is 0 Å². The zero-order chi connectivity index (χ0) is 18.6. The van der Waals surface area contributed by atoms with Crippen LogP contribution in [0.4, 0.5) is 0 Å². The van der Waals surface area contributed by atoms with Gasteiger partial charge in [0.15, 0.2) is 0 Å². The molecule has 144 valence electrons. The predicted molar refractivity (Wildman–Crippen MR) is 116 cm³/mol. The Kier molecular flexibility index (Phi) is 9.60. The van der Waals surface area contributed by atoms with Crippen LogP contribution in [-0.4, -0.2) is 17.5 Å². The van der Waals surface area contributed by atoms with Crippen LogP contribution >= 0.6 is 0 Å². The Hall–Kier alpha value is -1.50. The average Bonchev–Trinajstić information content (AvgIpc) is 2.99. The van der Waals surface area contributed by atoms with Gasteiger partial charge < -0.3 is 4.90 Å². The maximum absolute atomic E-state index is 4.30. The lowest BCUT2D eigenvalue weighted by Gasteiger charge is -2.25. The summed E-state index contributed by atoms with van der Waals surface area (Å²) < 4.78 is 0. The molecule has 1 unspecified atom stereocenters. The molecule has 2 rings (SSSR count). The van der Waals surface area contributed by atoms with Crippen LogP contribution < -0.4 is 0 Å². The lowest BCUT2D eigenvalue weighted by atomic mass is 10.0. The van der Waals surface area contributed by atoms with Gasteiger partial charge in [0.25, 0.3) is 0 Å². The number of benzene rings is 1. The summed E-state index contributed by atoms with van der Waals surface area (Å²) in [5.41, 5.74) is 4.31. The minimum absolute atomic E-state index is 0.583. The van der Waals surface area contributed by atoms with Crippen LogP contribution in [0, 0.1) is 0 Å². The van der Waals surface area contributed by atoms with Crippen LogP contribution in [0.3, 0.4) is 0 Å². The fourth-order valence-electron chi connectivity index (χ4n) is 3.99. The normalized spacial score (nSPS) is 17.5. The molecule has 26 heavy (non-hydrogen) atoms. The fraction of sp³-hybridized carbons (Fsp3) is 0.600. The van der Waals surface area contributed by atoms with Gasteiger partial charge in [-0.3, -0.25) is 0 Å². The van der Waals surface area contributed by atoms with Crippen molar-refractivity contribution in [1.82, 2.24) is 4.90 Å². The first-order chi connectivity index (χ1) is 12.7. The summed E-state index contributed by atoms with van der Waals surface area (Å²) >= 11 is 0. The standard InChI is InChI=1S/C25H39N/c1-4-6-7-8-11-20-26-22(3)18-19-25(26)17-10-9-14-24-16-12-15-23(21-24)13-5-2/h10,12,15-17,21,25H,3-9,11,13-14,18-20H2,1-2H3/b17-10+. The average molecular weight is 354 g/mol. The van der Waals surface area contributed by atoms with Crippen LogP contribution in [0.1, 0.15) is 82.8 Å². The van der Waals surface area contributed by atoms with Gasteiger partial charge >= 0.3 is 0 Å². The first-order valence-electron chi connectivity index (χ1n) is 10.9. The van der Waals surface area contributed by atoms with Gasteiger partial charge in [-0.15, -0.1) is 0 Å². The number of hydrogen-bond acceptors (Lipinski definition) is 1. The van der Waals surface area contributed by atoms with Crippen molar-refractivity contribution in [2.75, 3.05) is 6.54 Å². The number of nitrogens with zero attached hydrogens (tertiary/aromatic N) is 1. The molecule has 1 heterocycles. The minimum atomic E-state index is 0.583. The van der Waals surface area contributed by atoms with E-state index < -0.39 is 0 Å². The van der Waals surface area contributed by atoms with Gasteiger partial charge in [-0.1, -0.05) is 88.9 Å². The molecule has 0 aliphatic carbocycles. The number of aryl methyl sites for hydroxylation is 2. The Morgan fingerprint density at radius 2 is 1.81 bits per heavy atom. The van der Waals surface area contributed by atoms with Gasteiger partial charge in [0, 0.05) is 18.3 Å². The number of allylic oxidation sites excluding steroid dienone is 2. The maximum atomic E-state index is 4.30. The summed E-state index contributed by atoms with van der Waals surface area (Å²) in [6.07, 6.45) is 18.7. The van der Waals surface area contributed by atoms with Gasteiger partial charge in [-0.2, -0.15) is 0 Å². The molecule has 1 aliphatic rings. The van der Waals surface area contributed by atoms with Crippen molar-refractivity contribution in [2.45, 2.75) is 90.5 Å². The lowest BCUT2D eigenvalue weighted by molar-refractivity contribution is 0.325. The van der Waals surface area contributed by atoms with Crippen LogP contribution in [0.5, 0.6) is 0 Å². The molecule has 0 radical (unpaired) electrons. The van der Waals surface area contributed by atoms with E-state index in [1.54, 1.807) is 0 Å². The van der Waals surface area contributed by atoms with E-state index in [0.29, 0.717) is 6.04 Å². The van der Waals surface area contributed by atoms with E-state index in [-0.39, 0.29) is 0 Å². The zero-order valence-corrected chi connectivity index (χ0v) is 17.2. The quantitative estimate of drug-likeness (QED) is 0.287. The van der Waals surface area contributed by atoms with Crippen molar-refractivity contribution >= 4 is 0 Å². The van der Waals surface area contributed by atoms with Crippen LogP contribution in [0.25, 0.3) is 0 Å². The van der Waals surface area contributed by atoms with Crippen molar-refractivity contribution in [3.8, 4) is 0 Å². The van der Waals surface area contributed by atoms with Gasteiger partial charge in [-0.05, 0) is 49.7 Å². The van der Waals surface area contributed by atoms with Crippen LogP contribution in [0.2, 0.25) is 0 Å². The van der Waals surface area contributed by atoms with Gasteiger partial charge in [0.1, 0.15) is 0 Å². The molecule has 0 N–H and O–H groups in total. The third-order valence-electron chi connectivity index (χ3n) is 5.53. The second-order valence-electron chi connectivity index (χ2n) is 7.82. The van der Waals surface area contributed by atoms with E-state index in [0.717, 1.165) is 12.8 Å². The maximum Gasteiger partial charge on any atom is 0.0473 e. The molecule has 1 aromatic carbocycles. The van der Waals surface area contributed by atoms with Crippen LogP contribution in [-0.2, 0) is 12.8 Å². The predicted octanol–water partition coefficient (Wildman–Crippen LogP) is 7.08. The first kappa shape index (κ1) is 20.8. The monoisotopic (exact) mass is 353 g/mol. The molecule has 1 aromatic rings. The second kappa shape index (κ2) is 12.0. The Labute approximate surface area is 162 Å². The number of unbranched alkanes of at least 4 members (excludes halogenated alkanes) is 4. The topological polar surface area (TPSA) is 3.24 Å². The summed E-state index contributed by atoms with van der Waals surface area (Å²) in [4.78, 5) is 2.56. The molecule has 1 atom stereocenters. The Bertz CT molecular complexity index is 557. The molecule has 1 heteroatoms. The highest BCUT2D eigenvalue weighted by Crippen LogP contribution is 2.27. The summed E-state index contributed by atoms with van der Waals surface area (Å²) in [5, 5.41) is 0. The summed E-state index contributed by atoms with van der Waals surface area (Å²) in [6.45, 7) is 10.0. The Morgan fingerprint density at radius 1 is 1.04 bits per heavy atom. The lowest BCUT2D eigenvalue weighted by Crippen LogP contribution is -2.27. The number of rotatable bonds is 12. The van der Waals surface area contributed by atoms with Crippen LogP contribution in [0.15, 0.2) is 48.7 Å². The summed E-state index contributed by atoms with van der Waals surface area (Å²) in [7, 11) is 0. The molecule has 1 saturated heterocycles. The Balaban J connectivity index is 1.75. The smallest absolute Gasteiger partial charge is 0.0473 e. The third kappa shape index (κ3) is 7.02. The SMILES string of the molecule is C=C1CCC(/C=C/CCc2cccc(CCC)c2)N1CCCCCCC. The van der Waals surface area contributed by atoms with E-state index in [1.165, 1.54) is 81.2 Å². The number of likely N-dealkylation sites (tertiary alicyclic amines) is 1. The van der Waals surface area contributed by atoms with Crippen molar-refractivity contribution in [3.63, 3.8) is 0 Å². The molecule has 1 aliphatic heterocycles.